The van der Waals surface area contributed by atoms with E-state index in [4.69, 9.17) is 4.99 Å². The van der Waals surface area contributed by atoms with Gasteiger partial charge in [0.05, 0.1) is 0 Å². The van der Waals surface area contributed by atoms with Gasteiger partial charge in [-0.1, -0.05) is 12.1 Å². The number of hydrogen-bond acceptors (Lipinski definition) is 5. The zero-order valence-corrected chi connectivity index (χ0v) is 21.1. The van der Waals surface area contributed by atoms with Gasteiger partial charge in [0.2, 0.25) is 0 Å². The molecule has 3 rings (SSSR count). The number of phenolic OH excluding ortho intramolecular Hbond substituents is 1. The van der Waals surface area contributed by atoms with Crippen molar-refractivity contribution in [3.8, 4) is 5.75 Å². The molecule has 2 heterocycles. The van der Waals surface area contributed by atoms with Crippen LogP contribution in [0.4, 0.5) is 0 Å². The number of nitrogens with zero attached hydrogens (tertiary/aromatic N) is 3. The first-order valence-corrected chi connectivity index (χ1v) is 11.4. The summed E-state index contributed by atoms with van der Waals surface area (Å²) >= 11 is 1.82. The van der Waals surface area contributed by atoms with Crippen molar-refractivity contribution in [2.45, 2.75) is 19.9 Å². The van der Waals surface area contributed by atoms with Crippen LogP contribution in [-0.2, 0) is 6.54 Å². The summed E-state index contributed by atoms with van der Waals surface area (Å²) in [6.45, 7) is 9.13. The molecular weight excluding hydrogens is 525 g/mol. The first kappa shape index (κ1) is 25.4. The summed E-state index contributed by atoms with van der Waals surface area (Å²) in [6, 6.07) is 10.7. The second-order valence-electron chi connectivity index (χ2n) is 7.24. The fraction of sp³-hybridized carbons (Fsp3) is 0.455. The first-order chi connectivity index (χ1) is 14.7. The Hall–Kier alpha value is -1.85. The van der Waals surface area contributed by atoms with Gasteiger partial charge in [-0.15, -0.1) is 35.3 Å². The largest absolute Gasteiger partial charge is 0.508 e. The van der Waals surface area contributed by atoms with Crippen LogP contribution in [0.1, 0.15) is 28.6 Å². The van der Waals surface area contributed by atoms with E-state index >= 15 is 0 Å². The van der Waals surface area contributed by atoms with Crippen molar-refractivity contribution in [1.82, 2.24) is 20.4 Å². The number of piperazine rings is 1. The highest BCUT2D eigenvalue weighted by molar-refractivity contribution is 14.0. The summed E-state index contributed by atoms with van der Waals surface area (Å²) in [5.41, 5.74) is 0.465. The van der Waals surface area contributed by atoms with E-state index in [-0.39, 0.29) is 35.6 Å². The summed E-state index contributed by atoms with van der Waals surface area (Å²) in [5, 5.41) is 17.9. The maximum Gasteiger partial charge on any atom is 0.251 e. The number of carbonyl (C=O) groups excluding carboxylic acids is 1. The Morgan fingerprint density at radius 3 is 2.65 bits per heavy atom. The molecule has 31 heavy (non-hydrogen) atoms. The van der Waals surface area contributed by atoms with E-state index in [2.05, 4.69) is 44.9 Å². The first-order valence-electron chi connectivity index (χ1n) is 10.5. The van der Waals surface area contributed by atoms with E-state index in [0.717, 1.165) is 51.6 Å². The van der Waals surface area contributed by atoms with Gasteiger partial charge in [0, 0.05) is 62.8 Å². The van der Waals surface area contributed by atoms with Crippen molar-refractivity contribution in [3.05, 3.63) is 52.2 Å². The maximum atomic E-state index is 12.1. The topological polar surface area (TPSA) is 80.2 Å². The Morgan fingerprint density at radius 2 is 1.97 bits per heavy atom. The molecule has 7 nitrogen and oxygen atoms in total. The number of carbonyl (C=O) groups is 1. The predicted molar refractivity (Wildman–Crippen MR) is 138 cm³/mol. The number of aliphatic imine (C=N–C) groups is 1. The Balaban J connectivity index is 0.00000341. The van der Waals surface area contributed by atoms with Crippen LogP contribution in [0.3, 0.4) is 0 Å². The van der Waals surface area contributed by atoms with Crippen molar-refractivity contribution in [1.29, 1.82) is 0 Å². The zero-order valence-electron chi connectivity index (χ0n) is 17.9. The van der Waals surface area contributed by atoms with E-state index in [9.17, 15) is 9.90 Å². The molecule has 0 atom stereocenters. The van der Waals surface area contributed by atoms with Gasteiger partial charge in [-0.25, -0.2) is 0 Å². The minimum absolute atomic E-state index is 0. The van der Waals surface area contributed by atoms with Crippen LogP contribution in [0.2, 0.25) is 0 Å². The number of benzene rings is 1. The van der Waals surface area contributed by atoms with Crippen molar-refractivity contribution in [3.63, 3.8) is 0 Å². The minimum atomic E-state index is -0.177. The maximum absolute atomic E-state index is 12.1. The second-order valence-corrected chi connectivity index (χ2v) is 8.27. The average molecular weight is 558 g/mol. The van der Waals surface area contributed by atoms with Crippen LogP contribution < -0.4 is 10.6 Å². The molecule has 0 bridgehead atoms. The molecule has 0 spiro atoms. The number of aromatic hydroxyl groups is 1. The molecular formula is C22H32IN5O2S. The molecule has 1 aliphatic rings. The van der Waals surface area contributed by atoms with Gasteiger partial charge in [-0.05, 0) is 43.0 Å². The van der Waals surface area contributed by atoms with E-state index in [1.807, 2.05) is 11.3 Å². The Morgan fingerprint density at radius 1 is 1.16 bits per heavy atom. The summed E-state index contributed by atoms with van der Waals surface area (Å²) in [7, 11) is 0. The fourth-order valence-electron chi connectivity index (χ4n) is 3.38. The van der Waals surface area contributed by atoms with Gasteiger partial charge < -0.3 is 20.6 Å². The third-order valence-electron chi connectivity index (χ3n) is 4.96. The Bertz CT molecular complexity index is 823. The lowest BCUT2D eigenvalue weighted by Gasteiger charge is -2.36. The monoisotopic (exact) mass is 557 g/mol. The van der Waals surface area contributed by atoms with Crippen LogP contribution in [-0.4, -0.2) is 72.6 Å². The molecule has 2 aromatic rings. The number of thiophene rings is 1. The van der Waals surface area contributed by atoms with Crippen LogP contribution >= 0.6 is 35.3 Å². The number of nitrogens with one attached hydrogen (secondary N) is 2. The van der Waals surface area contributed by atoms with E-state index in [1.54, 1.807) is 18.2 Å². The molecule has 0 unspecified atom stereocenters. The molecule has 9 heteroatoms. The summed E-state index contributed by atoms with van der Waals surface area (Å²) < 4.78 is 0. The second kappa shape index (κ2) is 13.5. The minimum Gasteiger partial charge on any atom is -0.508 e. The van der Waals surface area contributed by atoms with Crippen molar-refractivity contribution < 1.29 is 9.90 Å². The van der Waals surface area contributed by atoms with Gasteiger partial charge in [0.1, 0.15) is 5.75 Å². The third-order valence-corrected chi connectivity index (χ3v) is 5.82. The molecule has 1 amide bonds. The standard InChI is InChI=1S/C22H31N5O2S.HI/c1-2-23-22(27-13-11-26(12-14-27)17-20-8-4-15-30-20)25-10-5-9-24-21(29)18-6-3-7-19(28)16-18;/h3-4,6-8,15-16,28H,2,5,9-14,17H2,1H3,(H,23,25)(H,24,29);1H. The Labute approximate surface area is 205 Å². The molecule has 1 fully saturated rings. The van der Waals surface area contributed by atoms with Gasteiger partial charge >= 0.3 is 0 Å². The Kier molecular flexibility index (Phi) is 11.1. The number of halogens is 1. The van der Waals surface area contributed by atoms with Gasteiger partial charge in [-0.3, -0.25) is 14.7 Å². The summed E-state index contributed by atoms with van der Waals surface area (Å²) in [4.78, 5) is 23.1. The quantitative estimate of drug-likeness (QED) is 0.201. The summed E-state index contributed by atoms with van der Waals surface area (Å²) in [5.74, 6) is 0.870. The number of amides is 1. The van der Waals surface area contributed by atoms with Crippen molar-refractivity contribution >= 4 is 47.2 Å². The number of rotatable bonds is 8. The smallest absolute Gasteiger partial charge is 0.251 e. The van der Waals surface area contributed by atoms with Crippen molar-refractivity contribution in [2.75, 3.05) is 45.8 Å². The highest BCUT2D eigenvalue weighted by Crippen LogP contribution is 2.14. The number of phenols is 1. The number of guanidine groups is 1. The van der Waals surface area contributed by atoms with E-state index < -0.39 is 0 Å². The van der Waals surface area contributed by atoms with Crippen molar-refractivity contribution in [2.24, 2.45) is 4.99 Å². The lowest BCUT2D eigenvalue weighted by Crippen LogP contribution is -2.52. The molecule has 0 saturated carbocycles. The predicted octanol–water partition coefficient (Wildman–Crippen LogP) is 2.97. The van der Waals surface area contributed by atoms with E-state index in [0.29, 0.717) is 18.7 Å². The van der Waals surface area contributed by atoms with Crippen LogP contribution in [0.25, 0.3) is 0 Å². The normalized spacial score (nSPS) is 14.7. The number of hydrogen-bond donors (Lipinski definition) is 3. The molecule has 1 aromatic heterocycles. The lowest BCUT2D eigenvalue weighted by molar-refractivity contribution is 0.0953. The van der Waals surface area contributed by atoms with E-state index in [1.165, 1.54) is 10.9 Å². The van der Waals surface area contributed by atoms with Gasteiger partial charge in [-0.2, -0.15) is 0 Å². The van der Waals surface area contributed by atoms with Crippen LogP contribution in [0.5, 0.6) is 5.75 Å². The molecule has 0 radical (unpaired) electrons. The molecule has 1 saturated heterocycles. The van der Waals surface area contributed by atoms with Gasteiger partial charge in [0.25, 0.3) is 5.91 Å². The molecule has 1 aliphatic heterocycles. The van der Waals surface area contributed by atoms with Crippen LogP contribution in [0.15, 0.2) is 46.8 Å². The SMILES string of the molecule is CCNC(=NCCCNC(=O)c1cccc(O)c1)N1CCN(Cc2cccs2)CC1.I. The highest BCUT2D eigenvalue weighted by Gasteiger charge is 2.19. The molecule has 3 N–H and O–H groups in total. The fourth-order valence-corrected chi connectivity index (χ4v) is 4.13. The average Bonchev–Trinajstić information content (AvgIpc) is 3.26. The molecule has 1 aromatic carbocycles. The zero-order chi connectivity index (χ0) is 21.2. The van der Waals surface area contributed by atoms with Crippen LogP contribution in [0, 0.1) is 0 Å². The van der Waals surface area contributed by atoms with Gasteiger partial charge in [0.15, 0.2) is 5.96 Å². The summed E-state index contributed by atoms with van der Waals surface area (Å²) in [6.07, 6.45) is 0.762. The molecule has 0 aliphatic carbocycles. The third kappa shape index (κ3) is 8.30. The molecule has 170 valence electrons. The lowest BCUT2D eigenvalue weighted by atomic mass is 10.2. The highest BCUT2D eigenvalue weighted by atomic mass is 127.